The molecule has 7 heteroatoms. The van der Waals surface area contributed by atoms with E-state index in [0.29, 0.717) is 17.5 Å². The van der Waals surface area contributed by atoms with Gasteiger partial charge in [-0.05, 0) is 31.5 Å². The molecule has 0 atom stereocenters. The molecule has 0 fully saturated rings. The van der Waals surface area contributed by atoms with Crippen LogP contribution in [0.25, 0.3) is 11.4 Å². The van der Waals surface area contributed by atoms with Gasteiger partial charge >= 0.3 is 0 Å². The van der Waals surface area contributed by atoms with Crippen molar-refractivity contribution in [3.05, 3.63) is 60.4 Å². The van der Waals surface area contributed by atoms with Gasteiger partial charge in [-0.25, -0.2) is 0 Å². The van der Waals surface area contributed by atoms with Crippen LogP contribution in [0.3, 0.4) is 0 Å². The molecule has 1 aromatic carbocycles. The first kappa shape index (κ1) is 18.1. The van der Waals surface area contributed by atoms with Crippen molar-refractivity contribution >= 4 is 17.7 Å². The third kappa shape index (κ3) is 4.70. The predicted octanol–water partition coefficient (Wildman–Crippen LogP) is 3.01. The number of rotatable bonds is 7. The van der Waals surface area contributed by atoms with E-state index in [-0.39, 0.29) is 11.9 Å². The monoisotopic (exact) mass is 367 g/mol. The lowest BCUT2D eigenvalue weighted by Gasteiger charge is -2.11. The molecule has 0 radical (unpaired) electrons. The van der Waals surface area contributed by atoms with Crippen LogP contribution < -0.4 is 5.32 Å². The van der Waals surface area contributed by atoms with Gasteiger partial charge in [0.2, 0.25) is 5.91 Å². The highest BCUT2D eigenvalue weighted by Gasteiger charge is 2.16. The Hall–Kier alpha value is -2.67. The third-order valence-electron chi connectivity index (χ3n) is 3.60. The molecule has 0 spiro atoms. The van der Waals surface area contributed by atoms with E-state index in [0.717, 1.165) is 17.0 Å². The number of nitrogens with one attached hydrogen (secondary N) is 1. The summed E-state index contributed by atoms with van der Waals surface area (Å²) in [5.74, 6) is 1.04. The second kappa shape index (κ2) is 8.62. The number of benzene rings is 1. The highest BCUT2D eigenvalue weighted by atomic mass is 32.2. The van der Waals surface area contributed by atoms with Gasteiger partial charge in [-0.3, -0.25) is 14.3 Å². The fourth-order valence-electron chi connectivity index (χ4n) is 2.51. The zero-order valence-electron chi connectivity index (χ0n) is 14.8. The Morgan fingerprint density at radius 1 is 1.15 bits per heavy atom. The average molecular weight is 367 g/mol. The van der Waals surface area contributed by atoms with Crippen molar-refractivity contribution in [2.24, 2.45) is 0 Å². The molecule has 1 amide bonds. The normalized spacial score (nSPS) is 10.9. The van der Waals surface area contributed by atoms with E-state index >= 15 is 0 Å². The van der Waals surface area contributed by atoms with Crippen LogP contribution in [0.1, 0.15) is 19.4 Å². The average Bonchev–Trinajstić information content (AvgIpc) is 3.03. The summed E-state index contributed by atoms with van der Waals surface area (Å²) in [6.45, 7) is 4.52. The molecule has 2 aromatic heterocycles. The van der Waals surface area contributed by atoms with Crippen LogP contribution in [-0.4, -0.2) is 37.5 Å². The Morgan fingerprint density at radius 2 is 1.96 bits per heavy atom. The van der Waals surface area contributed by atoms with E-state index in [1.54, 1.807) is 12.4 Å². The lowest BCUT2D eigenvalue weighted by molar-refractivity contribution is -0.119. The van der Waals surface area contributed by atoms with E-state index < -0.39 is 0 Å². The number of carbonyl (C=O) groups excluding carboxylic acids is 1. The number of thioether (sulfide) groups is 1. The van der Waals surface area contributed by atoms with Gasteiger partial charge in [0.05, 0.1) is 12.3 Å². The number of nitrogens with zero attached hydrogens (tertiary/aromatic N) is 4. The molecule has 0 aliphatic carbocycles. The first-order valence-corrected chi connectivity index (χ1v) is 9.41. The topological polar surface area (TPSA) is 72.7 Å². The number of carbonyl (C=O) groups is 1. The summed E-state index contributed by atoms with van der Waals surface area (Å²) in [5.41, 5.74) is 2.04. The highest BCUT2D eigenvalue weighted by Crippen LogP contribution is 2.24. The van der Waals surface area contributed by atoms with Crippen molar-refractivity contribution in [3.63, 3.8) is 0 Å². The van der Waals surface area contributed by atoms with Crippen LogP contribution in [0.4, 0.5) is 0 Å². The Balaban J connectivity index is 1.86. The van der Waals surface area contributed by atoms with Crippen molar-refractivity contribution in [3.8, 4) is 11.4 Å². The third-order valence-corrected chi connectivity index (χ3v) is 4.57. The number of aromatic nitrogens is 4. The van der Waals surface area contributed by atoms with Crippen LogP contribution in [-0.2, 0) is 11.3 Å². The molecule has 3 rings (SSSR count). The fourth-order valence-corrected chi connectivity index (χ4v) is 3.26. The number of pyridine rings is 1. The zero-order valence-corrected chi connectivity index (χ0v) is 15.6. The zero-order chi connectivity index (χ0) is 18.4. The minimum atomic E-state index is -0.0119. The molecule has 6 nitrogen and oxygen atoms in total. The summed E-state index contributed by atoms with van der Waals surface area (Å²) in [5, 5.41) is 12.3. The summed E-state index contributed by atoms with van der Waals surface area (Å²) >= 11 is 1.39. The molecular weight excluding hydrogens is 346 g/mol. The highest BCUT2D eigenvalue weighted by molar-refractivity contribution is 7.99. The Morgan fingerprint density at radius 3 is 2.65 bits per heavy atom. The lowest BCUT2D eigenvalue weighted by atomic mass is 10.2. The molecule has 1 N–H and O–H groups in total. The molecule has 0 unspecified atom stereocenters. The van der Waals surface area contributed by atoms with Crippen LogP contribution in [0.15, 0.2) is 60.0 Å². The number of amides is 1. The first-order chi connectivity index (χ1) is 12.6. The second-order valence-corrected chi connectivity index (χ2v) is 7.07. The molecular formula is C19H21N5OS. The molecule has 0 aliphatic rings. The molecule has 3 aromatic rings. The van der Waals surface area contributed by atoms with E-state index in [2.05, 4.69) is 32.6 Å². The van der Waals surface area contributed by atoms with Gasteiger partial charge in [-0.2, -0.15) is 0 Å². The predicted molar refractivity (Wildman–Crippen MR) is 103 cm³/mol. The smallest absolute Gasteiger partial charge is 0.230 e. The Labute approximate surface area is 157 Å². The summed E-state index contributed by atoms with van der Waals surface area (Å²) in [4.78, 5) is 16.1. The molecule has 0 saturated carbocycles. The molecule has 0 aliphatic heterocycles. The fraction of sp³-hybridized carbons (Fsp3) is 0.263. The van der Waals surface area contributed by atoms with Gasteiger partial charge in [0, 0.05) is 24.0 Å². The minimum absolute atomic E-state index is 0.0119. The summed E-state index contributed by atoms with van der Waals surface area (Å²) in [6, 6.07) is 14.1. The van der Waals surface area contributed by atoms with Crippen molar-refractivity contribution in [1.29, 1.82) is 0 Å². The van der Waals surface area contributed by atoms with Gasteiger partial charge < -0.3 is 5.32 Å². The maximum atomic E-state index is 12.0. The van der Waals surface area contributed by atoms with Crippen molar-refractivity contribution in [2.75, 3.05) is 5.75 Å². The van der Waals surface area contributed by atoms with Gasteiger partial charge in [0.1, 0.15) is 0 Å². The van der Waals surface area contributed by atoms with Crippen LogP contribution in [0.2, 0.25) is 0 Å². The van der Waals surface area contributed by atoms with Crippen molar-refractivity contribution in [1.82, 2.24) is 25.1 Å². The summed E-state index contributed by atoms with van der Waals surface area (Å²) < 4.78 is 2.03. The molecule has 26 heavy (non-hydrogen) atoms. The number of hydrogen-bond donors (Lipinski definition) is 1. The van der Waals surface area contributed by atoms with Crippen LogP contribution >= 0.6 is 11.8 Å². The van der Waals surface area contributed by atoms with E-state index in [9.17, 15) is 4.79 Å². The van der Waals surface area contributed by atoms with Crippen LogP contribution in [0.5, 0.6) is 0 Å². The van der Waals surface area contributed by atoms with Gasteiger partial charge in [0.15, 0.2) is 11.0 Å². The molecule has 0 saturated heterocycles. The largest absolute Gasteiger partial charge is 0.353 e. The lowest BCUT2D eigenvalue weighted by Crippen LogP contribution is -2.31. The van der Waals surface area contributed by atoms with E-state index in [1.807, 2.05) is 48.7 Å². The Bertz CT molecular complexity index is 849. The number of hydrogen-bond acceptors (Lipinski definition) is 5. The standard InChI is InChI=1S/C19H21N5OS/c1-14(2)21-17(25)13-26-19-23-22-18(16-9-6-10-20-11-16)24(19)12-15-7-4-3-5-8-15/h3-11,14H,12-13H2,1-2H3,(H,21,25). The molecule has 0 bridgehead atoms. The van der Waals surface area contributed by atoms with Gasteiger partial charge in [-0.1, -0.05) is 42.1 Å². The van der Waals surface area contributed by atoms with Gasteiger partial charge in [-0.15, -0.1) is 10.2 Å². The Kier molecular flexibility index (Phi) is 6.01. The van der Waals surface area contributed by atoms with E-state index in [1.165, 1.54) is 11.8 Å². The first-order valence-electron chi connectivity index (χ1n) is 8.43. The van der Waals surface area contributed by atoms with Crippen molar-refractivity contribution in [2.45, 2.75) is 31.6 Å². The van der Waals surface area contributed by atoms with Crippen LogP contribution in [0, 0.1) is 0 Å². The summed E-state index contributed by atoms with van der Waals surface area (Å²) in [6.07, 6.45) is 3.50. The minimum Gasteiger partial charge on any atom is -0.353 e. The van der Waals surface area contributed by atoms with Crippen molar-refractivity contribution < 1.29 is 4.79 Å². The molecule has 2 heterocycles. The SMILES string of the molecule is CC(C)NC(=O)CSc1nnc(-c2cccnc2)n1Cc1ccccc1. The van der Waals surface area contributed by atoms with E-state index in [4.69, 9.17) is 0 Å². The maximum absolute atomic E-state index is 12.0. The second-order valence-electron chi connectivity index (χ2n) is 6.13. The summed E-state index contributed by atoms with van der Waals surface area (Å²) in [7, 11) is 0. The van der Waals surface area contributed by atoms with Gasteiger partial charge in [0.25, 0.3) is 0 Å². The molecule has 134 valence electrons. The maximum Gasteiger partial charge on any atom is 0.230 e. The quantitative estimate of drug-likeness (QED) is 0.650.